The largest absolute Gasteiger partial charge is 0.354 e. The van der Waals surface area contributed by atoms with Crippen LogP contribution in [0, 0.1) is 0 Å². The van der Waals surface area contributed by atoms with Gasteiger partial charge in [0.25, 0.3) is 0 Å². The van der Waals surface area contributed by atoms with Gasteiger partial charge in [-0.15, -0.1) is 0 Å². The fourth-order valence-electron chi connectivity index (χ4n) is 2.25. The maximum Gasteiger partial charge on any atom is 0.242 e. The van der Waals surface area contributed by atoms with Gasteiger partial charge in [-0.05, 0) is 43.4 Å². The molecule has 2 N–H and O–H groups in total. The molecule has 5 heteroatoms. The molecule has 1 aromatic rings. The molecular formula is C15H19ClN2O2. The van der Waals surface area contributed by atoms with E-state index in [1.165, 1.54) is 0 Å². The predicted molar refractivity (Wildman–Crippen MR) is 78.6 cm³/mol. The SMILES string of the molecule is O=C(CCc1ccc(Cl)cc1)N[C@@H]1CCCCNC1=O. The van der Waals surface area contributed by atoms with Crippen molar-refractivity contribution in [2.75, 3.05) is 6.54 Å². The molecule has 0 spiro atoms. The number of rotatable bonds is 4. The number of benzene rings is 1. The Morgan fingerprint density at radius 3 is 2.80 bits per heavy atom. The summed E-state index contributed by atoms with van der Waals surface area (Å²) in [5.41, 5.74) is 1.06. The van der Waals surface area contributed by atoms with Gasteiger partial charge in [-0.3, -0.25) is 9.59 Å². The number of amides is 2. The quantitative estimate of drug-likeness (QED) is 0.893. The molecular weight excluding hydrogens is 276 g/mol. The Kier molecular flexibility index (Phi) is 5.41. The third-order valence-corrected chi connectivity index (χ3v) is 3.68. The minimum atomic E-state index is -0.379. The summed E-state index contributed by atoms with van der Waals surface area (Å²) in [6, 6.07) is 7.07. The zero-order chi connectivity index (χ0) is 14.4. The normalized spacial score (nSPS) is 19.1. The lowest BCUT2D eigenvalue weighted by molar-refractivity contribution is -0.128. The van der Waals surface area contributed by atoms with Crippen molar-refractivity contribution in [2.24, 2.45) is 0 Å². The highest BCUT2D eigenvalue weighted by Crippen LogP contribution is 2.11. The van der Waals surface area contributed by atoms with Gasteiger partial charge in [0.15, 0.2) is 0 Å². The van der Waals surface area contributed by atoms with Crippen LogP contribution in [0.2, 0.25) is 5.02 Å². The molecule has 4 nitrogen and oxygen atoms in total. The molecule has 2 amide bonds. The molecule has 0 saturated carbocycles. The summed E-state index contributed by atoms with van der Waals surface area (Å²) in [5, 5.41) is 6.31. The molecule has 1 atom stereocenters. The first-order chi connectivity index (χ1) is 9.65. The minimum absolute atomic E-state index is 0.0673. The van der Waals surface area contributed by atoms with E-state index in [0.717, 1.165) is 24.8 Å². The molecule has 0 unspecified atom stereocenters. The highest BCUT2D eigenvalue weighted by Gasteiger charge is 2.21. The van der Waals surface area contributed by atoms with Crippen molar-refractivity contribution in [3.63, 3.8) is 0 Å². The van der Waals surface area contributed by atoms with E-state index in [0.29, 0.717) is 24.4 Å². The lowest BCUT2D eigenvalue weighted by atomic mass is 10.1. The first-order valence-electron chi connectivity index (χ1n) is 6.96. The van der Waals surface area contributed by atoms with Crippen LogP contribution in [-0.4, -0.2) is 24.4 Å². The lowest BCUT2D eigenvalue weighted by Gasteiger charge is -2.15. The molecule has 1 aliphatic rings. The Morgan fingerprint density at radius 2 is 2.05 bits per heavy atom. The first kappa shape index (κ1) is 14.9. The third kappa shape index (κ3) is 4.53. The van der Waals surface area contributed by atoms with Crippen molar-refractivity contribution >= 4 is 23.4 Å². The monoisotopic (exact) mass is 294 g/mol. The summed E-state index contributed by atoms with van der Waals surface area (Å²) in [5.74, 6) is -0.149. The van der Waals surface area contributed by atoms with Crippen LogP contribution in [0.25, 0.3) is 0 Å². The maximum atomic E-state index is 11.9. The van der Waals surface area contributed by atoms with Crippen LogP contribution >= 0.6 is 11.6 Å². The highest BCUT2D eigenvalue weighted by molar-refractivity contribution is 6.30. The second-order valence-electron chi connectivity index (χ2n) is 5.03. The summed E-state index contributed by atoms with van der Waals surface area (Å²) in [6.45, 7) is 0.704. The minimum Gasteiger partial charge on any atom is -0.354 e. The fraction of sp³-hybridized carbons (Fsp3) is 0.467. The molecule has 108 valence electrons. The number of halogens is 1. The Bertz CT molecular complexity index is 473. The van der Waals surface area contributed by atoms with Gasteiger partial charge in [0.05, 0.1) is 0 Å². The molecule has 1 aromatic carbocycles. The Labute approximate surface area is 123 Å². The van der Waals surface area contributed by atoms with Gasteiger partial charge in [-0.25, -0.2) is 0 Å². The zero-order valence-electron chi connectivity index (χ0n) is 11.3. The van der Waals surface area contributed by atoms with Crippen molar-refractivity contribution in [3.05, 3.63) is 34.9 Å². The summed E-state index contributed by atoms with van der Waals surface area (Å²) >= 11 is 5.81. The van der Waals surface area contributed by atoms with E-state index < -0.39 is 0 Å². The van der Waals surface area contributed by atoms with Crippen LogP contribution in [0.4, 0.5) is 0 Å². The fourth-order valence-corrected chi connectivity index (χ4v) is 2.38. The molecule has 0 aliphatic carbocycles. The summed E-state index contributed by atoms with van der Waals surface area (Å²) in [4.78, 5) is 23.6. The number of carbonyl (C=O) groups is 2. The van der Waals surface area contributed by atoms with E-state index in [1.54, 1.807) is 0 Å². The van der Waals surface area contributed by atoms with Gasteiger partial charge < -0.3 is 10.6 Å². The average molecular weight is 295 g/mol. The molecule has 1 heterocycles. The topological polar surface area (TPSA) is 58.2 Å². The van der Waals surface area contributed by atoms with E-state index in [-0.39, 0.29) is 17.9 Å². The van der Waals surface area contributed by atoms with Crippen molar-refractivity contribution in [3.8, 4) is 0 Å². The predicted octanol–water partition coefficient (Wildman–Crippen LogP) is 2.06. The zero-order valence-corrected chi connectivity index (χ0v) is 12.1. The molecule has 0 aromatic heterocycles. The van der Waals surface area contributed by atoms with Gasteiger partial charge in [0.2, 0.25) is 11.8 Å². The number of carbonyl (C=O) groups excluding carboxylic acids is 2. The lowest BCUT2D eigenvalue weighted by Crippen LogP contribution is -2.45. The van der Waals surface area contributed by atoms with Crippen molar-refractivity contribution in [2.45, 2.75) is 38.1 Å². The Balaban J connectivity index is 1.79. The number of hydrogen-bond donors (Lipinski definition) is 2. The van der Waals surface area contributed by atoms with E-state index in [2.05, 4.69) is 10.6 Å². The molecule has 2 rings (SSSR count). The second kappa shape index (κ2) is 7.29. The van der Waals surface area contributed by atoms with E-state index >= 15 is 0 Å². The third-order valence-electron chi connectivity index (χ3n) is 3.42. The standard InChI is InChI=1S/C15H19ClN2O2/c16-12-7-4-11(5-8-12)6-9-14(19)18-13-3-1-2-10-17-15(13)20/h4-5,7-8,13H,1-3,6,9-10H2,(H,17,20)(H,18,19)/t13-/m1/s1. The molecule has 0 radical (unpaired) electrons. The number of nitrogens with one attached hydrogen (secondary N) is 2. The summed E-state index contributed by atoms with van der Waals surface area (Å²) in [7, 11) is 0. The Morgan fingerprint density at radius 1 is 1.30 bits per heavy atom. The number of hydrogen-bond acceptors (Lipinski definition) is 2. The maximum absolute atomic E-state index is 11.9. The first-order valence-corrected chi connectivity index (χ1v) is 7.34. The molecule has 1 saturated heterocycles. The number of aryl methyl sites for hydroxylation is 1. The average Bonchev–Trinajstić information content (AvgIpc) is 2.64. The molecule has 0 bridgehead atoms. The van der Waals surface area contributed by atoms with Gasteiger partial charge >= 0.3 is 0 Å². The van der Waals surface area contributed by atoms with Crippen molar-refractivity contribution < 1.29 is 9.59 Å². The smallest absolute Gasteiger partial charge is 0.242 e. The van der Waals surface area contributed by atoms with E-state index in [1.807, 2.05) is 24.3 Å². The molecule has 1 fully saturated rings. The summed E-state index contributed by atoms with van der Waals surface area (Å²) in [6.07, 6.45) is 3.69. The van der Waals surface area contributed by atoms with E-state index in [4.69, 9.17) is 11.6 Å². The second-order valence-corrected chi connectivity index (χ2v) is 5.47. The van der Waals surface area contributed by atoms with Crippen molar-refractivity contribution in [1.29, 1.82) is 0 Å². The van der Waals surface area contributed by atoms with Crippen LogP contribution in [0.15, 0.2) is 24.3 Å². The van der Waals surface area contributed by atoms with Crippen LogP contribution < -0.4 is 10.6 Å². The van der Waals surface area contributed by atoms with E-state index in [9.17, 15) is 9.59 Å². The van der Waals surface area contributed by atoms with Gasteiger partial charge in [-0.1, -0.05) is 23.7 Å². The van der Waals surface area contributed by atoms with Crippen LogP contribution in [0.3, 0.4) is 0 Å². The Hall–Kier alpha value is -1.55. The van der Waals surface area contributed by atoms with Crippen LogP contribution in [0.1, 0.15) is 31.2 Å². The molecule has 20 heavy (non-hydrogen) atoms. The highest BCUT2D eigenvalue weighted by atomic mass is 35.5. The molecule has 1 aliphatic heterocycles. The van der Waals surface area contributed by atoms with Crippen molar-refractivity contribution in [1.82, 2.24) is 10.6 Å². The summed E-state index contributed by atoms with van der Waals surface area (Å²) < 4.78 is 0. The van der Waals surface area contributed by atoms with Crippen LogP contribution in [-0.2, 0) is 16.0 Å². The van der Waals surface area contributed by atoms with Gasteiger partial charge in [-0.2, -0.15) is 0 Å². The van der Waals surface area contributed by atoms with Gasteiger partial charge in [0.1, 0.15) is 6.04 Å². The van der Waals surface area contributed by atoms with Crippen LogP contribution in [0.5, 0.6) is 0 Å². The van der Waals surface area contributed by atoms with Gasteiger partial charge in [0, 0.05) is 18.0 Å².